The van der Waals surface area contributed by atoms with E-state index in [0.29, 0.717) is 37.6 Å². The number of morpholine rings is 1. The molecule has 0 radical (unpaired) electrons. The molecule has 1 N–H and O–H groups in total. The molecule has 1 aliphatic carbocycles. The largest absolute Gasteiger partial charge is 0.380 e. The highest BCUT2D eigenvalue weighted by atomic mass is 16.5. The van der Waals surface area contributed by atoms with Crippen molar-refractivity contribution in [2.45, 2.75) is 50.1 Å². The van der Waals surface area contributed by atoms with Crippen molar-refractivity contribution in [3.05, 3.63) is 18.1 Å². The zero-order valence-corrected chi connectivity index (χ0v) is 17.0. The molecule has 9 nitrogen and oxygen atoms in total. The maximum Gasteiger partial charge on any atom is 0.224 e. The van der Waals surface area contributed by atoms with Crippen LogP contribution in [0.15, 0.2) is 12.4 Å². The van der Waals surface area contributed by atoms with Gasteiger partial charge in [-0.3, -0.25) is 9.69 Å². The van der Waals surface area contributed by atoms with Gasteiger partial charge >= 0.3 is 0 Å². The number of nitrogens with zero attached hydrogens (tertiary/aromatic N) is 6. The Morgan fingerprint density at radius 2 is 2.00 bits per heavy atom. The van der Waals surface area contributed by atoms with Crippen molar-refractivity contribution in [3.63, 3.8) is 0 Å². The van der Waals surface area contributed by atoms with E-state index in [1.165, 1.54) is 12.8 Å². The number of amides is 1. The van der Waals surface area contributed by atoms with E-state index in [4.69, 9.17) is 4.74 Å². The van der Waals surface area contributed by atoms with Crippen LogP contribution in [0.5, 0.6) is 0 Å². The number of carbonyl (C=O) groups is 1. The molecule has 4 heterocycles. The molecule has 0 bridgehead atoms. The Kier molecular flexibility index (Phi) is 5.09. The first kappa shape index (κ1) is 18.7. The molecule has 2 atom stereocenters. The van der Waals surface area contributed by atoms with E-state index in [2.05, 4.69) is 38.6 Å². The van der Waals surface area contributed by atoms with Gasteiger partial charge in [0.05, 0.1) is 24.6 Å². The molecule has 156 valence electrons. The van der Waals surface area contributed by atoms with Gasteiger partial charge in [-0.1, -0.05) is 0 Å². The van der Waals surface area contributed by atoms with E-state index in [1.807, 2.05) is 4.90 Å². The third kappa shape index (κ3) is 3.93. The monoisotopic (exact) mass is 399 g/mol. The third-order valence-electron chi connectivity index (χ3n) is 6.57. The van der Waals surface area contributed by atoms with Gasteiger partial charge in [-0.15, -0.1) is 10.2 Å². The second-order valence-electron chi connectivity index (χ2n) is 8.48. The standard InChI is InChI=1S/C20H29N7O2/c1-25-15(10-19(28)26-6-8-29-9-7-26)4-5-16(25)12-21-18-11-17(14-2-3-14)24-27-13-22-23-20(18)27/h11,13-16,21H,2-10,12H2,1H3/t15-,16+/m1/s1. The van der Waals surface area contributed by atoms with Crippen molar-refractivity contribution in [3.8, 4) is 0 Å². The average molecular weight is 399 g/mol. The number of likely N-dealkylation sites (N-methyl/N-ethyl adjacent to an activating group) is 1. The minimum Gasteiger partial charge on any atom is -0.380 e. The second kappa shape index (κ2) is 7.87. The van der Waals surface area contributed by atoms with Crippen LogP contribution in [-0.2, 0) is 9.53 Å². The molecule has 1 saturated carbocycles. The molecule has 2 aromatic rings. The number of anilines is 1. The van der Waals surface area contributed by atoms with E-state index in [9.17, 15) is 4.79 Å². The average Bonchev–Trinajstić information content (AvgIpc) is 3.40. The van der Waals surface area contributed by atoms with E-state index in [0.717, 1.165) is 49.5 Å². The van der Waals surface area contributed by atoms with Crippen LogP contribution in [0.25, 0.3) is 5.65 Å². The van der Waals surface area contributed by atoms with Crippen LogP contribution in [-0.4, -0.2) is 87.5 Å². The Morgan fingerprint density at radius 1 is 1.21 bits per heavy atom. The highest BCUT2D eigenvalue weighted by Gasteiger charge is 2.33. The molecule has 0 spiro atoms. The van der Waals surface area contributed by atoms with Crippen LogP contribution in [0.4, 0.5) is 5.69 Å². The minimum absolute atomic E-state index is 0.257. The highest BCUT2D eigenvalue weighted by Crippen LogP contribution is 2.40. The summed E-state index contributed by atoms with van der Waals surface area (Å²) >= 11 is 0. The Morgan fingerprint density at radius 3 is 2.79 bits per heavy atom. The van der Waals surface area contributed by atoms with Crippen molar-refractivity contribution in [2.75, 3.05) is 45.2 Å². The Balaban J connectivity index is 1.20. The summed E-state index contributed by atoms with van der Waals surface area (Å²) in [4.78, 5) is 16.9. The molecule has 2 aliphatic heterocycles. The molecule has 2 saturated heterocycles. The number of hydrogen-bond acceptors (Lipinski definition) is 7. The van der Waals surface area contributed by atoms with Crippen LogP contribution in [0.3, 0.4) is 0 Å². The summed E-state index contributed by atoms with van der Waals surface area (Å²) in [5.74, 6) is 0.833. The van der Waals surface area contributed by atoms with E-state index in [1.54, 1.807) is 10.8 Å². The fraction of sp³-hybridized carbons (Fsp3) is 0.700. The van der Waals surface area contributed by atoms with Crippen LogP contribution >= 0.6 is 0 Å². The molecule has 9 heteroatoms. The third-order valence-corrected chi connectivity index (χ3v) is 6.57. The quantitative estimate of drug-likeness (QED) is 0.779. The van der Waals surface area contributed by atoms with Gasteiger partial charge in [0, 0.05) is 44.1 Å². The van der Waals surface area contributed by atoms with Gasteiger partial charge in [0.25, 0.3) is 0 Å². The lowest BCUT2D eigenvalue weighted by molar-refractivity contribution is -0.136. The Bertz CT molecular complexity index is 875. The first-order chi connectivity index (χ1) is 14.2. The zero-order chi connectivity index (χ0) is 19.8. The number of aromatic nitrogens is 4. The second-order valence-corrected chi connectivity index (χ2v) is 8.48. The van der Waals surface area contributed by atoms with Gasteiger partial charge in [0.1, 0.15) is 6.33 Å². The van der Waals surface area contributed by atoms with E-state index < -0.39 is 0 Å². The van der Waals surface area contributed by atoms with Gasteiger partial charge in [-0.25, -0.2) is 0 Å². The van der Waals surface area contributed by atoms with Crippen molar-refractivity contribution >= 4 is 17.2 Å². The lowest BCUT2D eigenvalue weighted by Crippen LogP contribution is -2.44. The number of hydrogen-bond donors (Lipinski definition) is 1. The minimum atomic E-state index is 0.257. The zero-order valence-electron chi connectivity index (χ0n) is 17.0. The van der Waals surface area contributed by atoms with Crippen molar-refractivity contribution in [1.29, 1.82) is 0 Å². The van der Waals surface area contributed by atoms with Gasteiger partial charge in [0.15, 0.2) is 0 Å². The molecule has 0 aromatic carbocycles. The number of nitrogens with one attached hydrogen (secondary N) is 1. The van der Waals surface area contributed by atoms with Crippen LogP contribution in [0.2, 0.25) is 0 Å². The van der Waals surface area contributed by atoms with Crippen molar-refractivity contribution in [1.82, 2.24) is 29.6 Å². The highest BCUT2D eigenvalue weighted by molar-refractivity contribution is 5.77. The summed E-state index contributed by atoms with van der Waals surface area (Å²) in [6.07, 6.45) is 6.84. The fourth-order valence-electron chi connectivity index (χ4n) is 4.51. The lowest BCUT2D eigenvalue weighted by atomic mass is 10.1. The predicted octanol–water partition coefficient (Wildman–Crippen LogP) is 1.13. The van der Waals surface area contributed by atoms with Gasteiger partial charge in [-0.05, 0) is 38.8 Å². The summed E-state index contributed by atoms with van der Waals surface area (Å²) in [6, 6.07) is 2.85. The van der Waals surface area contributed by atoms with Crippen LogP contribution < -0.4 is 5.32 Å². The van der Waals surface area contributed by atoms with E-state index >= 15 is 0 Å². The number of ether oxygens (including phenoxy) is 1. The lowest BCUT2D eigenvalue weighted by Gasteiger charge is -2.30. The molecular formula is C20H29N7O2. The predicted molar refractivity (Wildman–Crippen MR) is 108 cm³/mol. The first-order valence-corrected chi connectivity index (χ1v) is 10.7. The molecule has 5 rings (SSSR count). The summed E-state index contributed by atoms with van der Waals surface area (Å²) in [7, 11) is 2.14. The number of carbonyl (C=O) groups excluding carboxylic acids is 1. The number of fused-ring (bicyclic) bond motifs is 1. The summed E-state index contributed by atoms with van der Waals surface area (Å²) in [5, 5.41) is 16.5. The molecule has 2 aromatic heterocycles. The maximum absolute atomic E-state index is 12.6. The molecule has 3 fully saturated rings. The molecule has 29 heavy (non-hydrogen) atoms. The van der Waals surface area contributed by atoms with Crippen molar-refractivity contribution < 1.29 is 9.53 Å². The van der Waals surface area contributed by atoms with E-state index in [-0.39, 0.29) is 5.91 Å². The summed E-state index contributed by atoms with van der Waals surface area (Å²) < 4.78 is 7.13. The molecule has 1 amide bonds. The van der Waals surface area contributed by atoms with Gasteiger partial charge in [-0.2, -0.15) is 9.61 Å². The van der Waals surface area contributed by atoms with Gasteiger partial charge < -0.3 is 15.0 Å². The fourth-order valence-corrected chi connectivity index (χ4v) is 4.51. The first-order valence-electron chi connectivity index (χ1n) is 10.7. The van der Waals surface area contributed by atoms with Crippen LogP contribution in [0, 0.1) is 0 Å². The molecule has 0 unspecified atom stereocenters. The smallest absolute Gasteiger partial charge is 0.224 e. The van der Waals surface area contributed by atoms with Gasteiger partial charge in [0.2, 0.25) is 11.6 Å². The normalized spacial score (nSPS) is 25.6. The van der Waals surface area contributed by atoms with Crippen molar-refractivity contribution in [2.24, 2.45) is 0 Å². The number of rotatable bonds is 6. The Labute approximate surface area is 170 Å². The van der Waals surface area contributed by atoms with Crippen LogP contribution in [0.1, 0.15) is 43.7 Å². The SMILES string of the molecule is CN1[C@@H](CC(=O)N2CCOCC2)CC[C@H]1CNc1cc(C2CC2)nn2cnnc12. The number of likely N-dealkylation sites (tertiary alicyclic amines) is 1. The maximum atomic E-state index is 12.6. The summed E-state index contributed by atoms with van der Waals surface area (Å²) in [6.45, 7) is 3.59. The molecule has 3 aliphatic rings. The summed E-state index contributed by atoms with van der Waals surface area (Å²) in [5.41, 5.74) is 2.89. The Hall–Kier alpha value is -2.26. The topological polar surface area (TPSA) is 87.9 Å². The molecular weight excluding hydrogens is 370 g/mol.